The van der Waals surface area contributed by atoms with Gasteiger partial charge in [0, 0.05) is 25.4 Å². The number of esters is 4. The second-order valence-electron chi connectivity index (χ2n) is 8.01. The SMILES string of the molecule is CC12C=CC(C)(O1)C1C(=O)OC(=O)C12.CCOCC.Cc1ccc(C)o1.O=C1C=CC(=O)O1. The van der Waals surface area contributed by atoms with E-state index < -0.39 is 46.9 Å². The van der Waals surface area contributed by atoms with Crippen molar-refractivity contribution in [1.82, 2.24) is 0 Å². The average molecular weight is 462 g/mol. The molecular formula is C24H30O9. The third-order valence-corrected chi connectivity index (χ3v) is 5.30. The second-order valence-corrected chi connectivity index (χ2v) is 8.01. The fraction of sp³-hybridized carbons (Fsp3) is 0.500. The van der Waals surface area contributed by atoms with Crippen molar-refractivity contribution in [2.75, 3.05) is 13.2 Å². The number of cyclic esters (lactones) is 4. The molecular weight excluding hydrogens is 432 g/mol. The van der Waals surface area contributed by atoms with Crippen LogP contribution in [0.3, 0.4) is 0 Å². The minimum absolute atomic E-state index is 0.449. The predicted octanol–water partition coefficient (Wildman–Crippen LogP) is 2.98. The summed E-state index contributed by atoms with van der Waals surface area (Å²) in [6.07, 6.45) is 5.88. The van der Waals surface area contributed by atoms with Crippen LogP contribution in [0, 0.1) is 25.7 Å². The Balaban J connectivity index is 0.000000173. The molecule has 1 aromatic heterocycles. The molecule has 9 heteroatoms. The number of carbonyl (C=O) groups is 4. The molecule has 180 valence electrons. The molecule has 9 nitrogen and oxygen atoms in total. The Morgan fingerprint density at radius 1 is 0.788 bits per heavy atom. The van der Waals surface area contributed by atoms with Crippen molar-refractivity contribution in [2.45, 2.75) is 52.7 Å². The highest BCUT2D eigenvalue weighted by Gasteiger charge is 2.69. The smallest absolute Gasteiger partial charge is 0.338 e. The van der Waals surface area contributed by atoms with Gasteiger partial charge in [0.05, 0.1) is 11.2 Å². The number of rotatable bonds is 2. The zero-order valence-electron chi connectivity index (χ0n) is 19.7. The van der Waals surface area contributed by atoms with E-state index in [1.54, 1.807) is 0 Å². The normalized spacial score (nSPS) is 29.9. The van der Waals surface area contributed by atoms with E-state index in [1.165, 1.54) is 0 Å². The van der Waals surface area contributed by atoms with Gasteiger partial charge >= 0.3 is 23.9 Å². The molecule has 0 aromatic carbocycles. The maximum Gasteiger partial charge on any atom is 0.338 e. The molecule has 0 N–H and O–H groups in total. The largest absolute Gasteiger partial charge is 0.467 e. The number of aryl methyl sites for hydroxylation is 2. The molecule has 5 rings (SSSR count). The number of ether oxygens (including phenoxy) is 4. The van der Waals surface area contributed by atoms with Crippen molar-refractivity contribution in [3.8, 4) is 0 Å². The van der Waals surface area contributed by atoms with Crippen LogP contribution in [0.4, 0.5) is 0 Å². The van der Waals surface area contributed by atoms with E-state index in [2.05, 4.69) is 9.47 Å². The van der Waals surface area contributed by atoms with Crippen LogP contribution in [0.2, 0.25) is 0 Å². The Labute approximate surface area is 192 Å². The third kappa shape index (κ3) is 6.27. The molecule has 4 atom stereocenters. The molecule has 33 heavy (non-hydrogen) atoms. The molecule has 1 aromatic rings. The highest BCUT2D eigenvalue weighted by molar-refractivity contribution is 6.05. The van der Waals surface area contributed by atoms with Gasteiger partial charge in [-0.05, 0) is 53.7 Å². The Morgan fingerprint density at radius 2 is 1.21 bits per heavy atom. The second kappa shape index (κ2) is 10.7. The van der Waals surface area contributed by atoms with Gasteiger partial charge in [-0.3, -0.25) is 9.59 Å². The predicted molar refractivity (Wildman–Crippen MR) is 116 cm³/mol. The van der Waals surface area contributed by atoms with Crippen molar-refractivity contribution < 1.29 is 42.5 Å². The summed E-state index contributed by atoms with van der Waals surface area (Å²) in [6.45, 7) is 13.2. The van der Waals surface area contributed by atoms with Gasteiger partial charge in [0.2, 0.25) is 0 Å². The van der Waals surface area contributed by atoms with Gasteiger partial charge in [-0.2, -0.15) is 0 Å². The van der Waals surface area contributed by atoms with Crippen LogP contribution in [0.1, 0.15) is 39.2 Å². The third-order valence-electron chi connectivity index (χ3n) is 5.30. The Kier molecular flexibility index (Phi) is 8.51. The maximum atomic E-state index is 11.4. The highest BCUT2D eigenvalue weighted by Crippen LogP contribution is 2.56. The van der Waals surface area contributed by atoms with Gasteiger partial charge < -0.3 is 23.4 Å². The molecule has 4 aliphatic rings. The van der Waals surface area contributed by atoms with Crippen LogP contribution in [0.25, 0.3) is 0 Å². The molecule has 4 unspecified atom stereocenters. The lowest BCUT2D eigenvalue weighted by Crippen LogP contribution is -2.36. The summed E-state index contributed by atoms with van der Waals surface area (Å²) >= 11 is 0. The van der Waals surface area contributed by atoms with Crippen LogP contribution in [0.5, 0.6) is 0 Å². The summed E-state index contributed by atoms with van der Waals surface area (Å²) in [5.41, 5.74) is -1.30. The summed E-state index contributed by atoms with van der Waals surface area (Å²) in [5, 5.41) is 0. The fourth-order valence-corrected chi connectivity index (χ4v) is 3.90. The van der Waals surface area contributed by atoms with E-state index in [0.717, 1.165) is 36.9 Å². The van der Waals surface area contributed by atoms with Crippen molar-refractivity contribution in [3.05, 3.63) is 48.0 Å². The van der Waals surface area contributed by atoms with Gasteiger partial charge in [-0.25, -0.2) is 9.59 Å². The standard InChI is InChI=1S/C10H10O4.C6H8O.C4H2O3.C4H10O/c1-9-3-4-10(2,14-9)6-5(9)7(11)13-8(6)12;1-5-3-4-6(2)7-5;5-3-1-2-4(6)7-3;1-3-5-4-2/h3-6H,1-2H3;3-4H,1-2H3;1-2H;3-4H2,1-2H3. The van der Waals surface area contributed by atoms with Crippen LogP contribution in [-0.4, -0.2) is 48.3 Å². The van der Waals surface area contributed by atoms with Crippen molar-refractivity contribution in [2.24, 2.45) is 11.8 Å². The monoisotopic (exact) mass is 462 g/mol. The first kappa shape index (κ1) is 26.2. The number of hydrogen-bond acceptors (Lipinski definition) is 9. The molecule has 5 heterocycles. The molecule has 0 aliphatic carbocycles. The van der Waals surface area contributed by atoms with Gasteiger partial charge in [0.25, 0.3) is 0 Å². The number of hydrogen-bond donors (Lipinski definition) is 0. The zero-order chi connectivity index (χ0) is 24.8. The topological polar surface area (TPSA) is 118 Å². The lowest BCUT2D eigenvalue weighted by atomic mass is 9.73. The summed E-state index contributed by atoms with van der Waals surface area (Å²) in [7, 11) is 0. The average Bonchev–Trinajstić information content (AvgIpc) is 3.50. The molecule has 0 radical (unpaired) electrons. The van der Waals surface area contributed by atoms with Crippen molar-refractivity contribution in [3.63, 3.8) is 0 Å². The molecule has 0 amide bonds. The van der Waals surface area contributed by atoms with Crippen LogP contribution in [-0.2, 0) is 38.1 Å². The van der Waals surface area contributed by atoms with E-state index in [0.29, 0.717) is 0 Å². The maximum absolute atomic E-state index is 11.4. The number of carbonyl (C=O) groups excluding carboxylic acids is 4. The number of fused-ring (bicyclic) bond motifs is 5. The van der Waals surface area contributed by atoms with Crippen molar-refractivity contribution >= 4 is 23.9 Å². The van der Waals surface area contributed by atoms with Gasteiger partial charge in [0.15, 0.2) is 0 Å². The molecule has 2 bridgehead atoms. The van der Waals surface area contributed by atoms with E-state index in [-0.39, 0.29) is 0 Å². The highest BCUT2D eigenvalue weighted by atomic mass is 16.6. The minimum atomic E-state index is -0.650. The van der Waals surface area contributed by atoms with E-state index in [4.69, 9.17) is 13.9 Å². The molecule has 0 spiro atoms. The Bertz CT molecular complexity index is 888. The Morgan fingerprint density at radius 3 is 1.45 bits per heavy atom. The first-order valence-corrected chi connectivity index (χ1v) is 10.7. The number of furan rings is 1. The Hall–Kier alpha value is -3.04. The fourth-order valence-electron chi connectivity index (χ4n) is 3.90. The van der Waals surface area contributed by atoms with Gasteiger partial charge in [-0.15, -0.1) is 0 Å². The van der Waals surface area contributed by atoms with Crippen LogP contribution >= 0.6 is 0 Å². The lowest BCUT2D eigenvalue weighted by Gasteiger charge is -2.20. The van der Waals surface area contributed by atoms with Gasteiger partial charge in [-0.1, -0.05) is 12.2 Å². The zero-order valence-corrected chi connectivity index (χ0v) is 19.7. The first-order chi connectivity index (χ1) is 15.5. The van der Waals surface area contributed by atoms with E-state index in [1.807, 2.05) is 65.8 Å². The van der Waals surface area contributed by atoms with E-state index in [9.17, 15) is 19.2 Å². The molecule has 4 aliphatic heterocycles. The summed E-state index contributed by atoms with van der Waals surface area (Å²) in [6, 6.07) is 3.91. The summed E-state index contributed by atoms with van der Waals surface area (Å²) < 4.78 is 24.3. The minimum Gasteiger partial charge on any atom is -0.467 e. The molecule has 2 saturated heterocycles. The summed E-state index contributed by atoms with van der Waals surface area (Å²) in [4.78, 5) is 42.7. The van der Waals surface area contributed by atoms with E-state index >= 15 is 0 Å². The molecule has 0 saturated carbocycles. The van der Waals surface area contributed by atoms with Crippen LogP contribution < -0.4 is 0 Å². The molecule has 2 fully saturated rings. The first-order valence-electron chi connectivity index (χ1n) is 10.7. The summed E-state index contributed by atoms with van der Waals surface area (Å²) in [5.74, 6) is -0.994. The lowest BCUT2D eigenvalue weighted by molar-refractivity contribution is -0.160. The van der Waals surface area contributed by atoms with Crippen molar-refractivity contribution in [1.29, 1.82) is 0 Å². The van der Waals surface area contributed by atoms with Crippen LogP contribution in [0.15, 0.2) is 40.9 Å². The van der Waals surface area contributed by atoms with Gasteiger partial charge in [0.1, 0.15) is 23.4 Å². The quantitative estimate of drug-likeness (QED) is 0.371.